The lowest BCUT2D eigenvalue weighted by atomic mass is 10.1. The fourth-order valence-electron chi connectivity index (χ4n) is 2.49. The molecule has 108 valence electrons. The zero-order valence-corrected chi connectivity index (χ0v) is 12.5. The molecule has 0 radical (unpaired) electrons. The first-order chi connectivity index (χ1) is 10.3. The van der Waals surface area contributed by atoms with Crippen molar-refractivity contribution in [3.8, 4) is 0 Å². The van der Waals surface area contributed by atoms with Crippen molar-refractivity contribution < 1.29 is 0 Å². The van der Waals surface area contributed by atoms with E-state index in [0.29, 0.717) is 0 Å². The van der Waals surface area contributed by atoms with E-state index in [9.17, 15) is 0 Å². The van der Waals surface area contributed by atoms with Crippen molar-refractivity contribution in [2.75, 3.05) is 0 Å². The molecule has 4 nitrogen and oxygen atoms in total. The molecule has 1 aromatic carbocycles. The fraction of sp³-hybridized carbons (Fsp3) is 0.353. The van der Waals surface area contributed by atoms with E-state index in [-0.39, 0.29) is 6.04 Å². The lowest BCUT2D eigenvalue weighted by Crippen LogP contribution is -2.07. The molecule has 0 fully saturated rings. The molecule has 4 heteroatoms. The molecule has 0 saturated heterocycles. The molecule has 1 atom stereocenters. The second kappa shape index (κ2) is 6.04. The van der Waals surface area contributed by atoms with Crippen LogP contribution in [0.3, 0.4) is 0 Å². The third kappa shape index (κ3) is 2.79. The third-order valence-electron chi connectivity index (χ3n) is 3.82. The van der Waals surface area contributed by atoms with Crippen LogP contribution in [0.5, 0.6) is 0 Å². The summed E-state index contributed by atoms with van der Waals surface area (Å²) in [6.45, 7) is 4.35. The highest BCUT2D eigenvalue weighted by Gasteiger charge is 2.13. The Labute approximate surface area is 124 Å². The van der Waals surface area contributed by atoms with Crippen LogP contribution < -0.4 is 0 Å². The molecular formula is C17H20N4. The lowest BCUT2D eigenvalue weighted by molar-refractivity contribution is 0.649. The SMILES string of the molecule is CCCCc1ncc2ncn(C(C)c3ccccc3)c2n1. The van der Waals surface area contributed by atoms with Gasteiger partial charge in [0.1, 0.15) is 11.3 Å². The van der Waals surface area contributed by atoms with Crippen LogP contribution in [0.25, 0.3) is 11.2 Å². The van der Waals surface area contributed by atoms with Crippen LogP contribution in [-0.2, 0) is 6.42 Å². The number of aryl methyl sites for hydroxylation is 1. The van der Waals surface area contributed by atoms with E-state index in [4.69, 9.17) is 4.98 Å². The van der Waals surface area contributed by atoms with Crippen molar-refractivity contribution >= 4 is 11.2 Å². The maximum atomic E-state index is 4.71. The largest absolute Gasteiger partial charge is 0.308 e. The molecule has 3 rings (SSSR count). The number of imidazole rings is 1. The van der Waals surface area contributed by atoms with Crippen LogP contribution in [0, 0.1) is 0 Å². The number of hydrogen-bond acceptors (Lipinski definition) is 3. The molecule has 3 aromatic rings. The standard InChI is InChI=1S/C17H20N4/c1-3-4-10-16-18-11-15-17(20-16)21(12-19-15)13(2)14-8-6-5-7-9-14/h5-9,11-13H,3-4,10H2,1-2H3. The van der Waals surface area contributed by atoms with Crippen molar-refractivity contribution in [2.45, 2.75) is 39.2 Å². The van der Waals surface area contributed by atoms with Crippen LogP contribution in [0.1, 0.15) is 44.1 Å². The summed E-state index contributed by atoms with van der Waals surface area (Å²) in [5.74, 6) is 0.909. The van der Waals surface area contributed by atoms with Crippen molar-refractivity contribution in [3.05, 3.63) is 54.2 Å². The molecule has 2 heterocycles. The Bertz CT molecular complexity index is 718. The number of benzene rings is 1. The van der Waals surface area contributed by atoms with Crippen LogP contribution in [-0.4, -0.2) is 19.5 Å². The number of hydrogen-bond donors (Lipinski definition) is 0. The average Bonchev–Trinajstić information content (AvgIpc) is 2.96. The van der Waals surface area contributed by atoms with Gasteiger partial charge >= 0.3 is 0 Å². The number of fused-ring (bicyclic) bond motifs is 1. The second-order valence-corrected chi connectivity index (χ2v) is 5.34. The summed E-state index contributed by atoms with van der Waals surface area (Å²) in [6, 6.07) is 10.6. The van der Waals surface area contributed by atoms with Gasteiger partial charge in [-0.05, 0) is 18.9 Å². The normalized spacial score (nSPS) is 12.7. The number of rotatable bonds is 5. The van der Waals surface area contributed by atoms with Gasteiger partial charge in [-0.2, -0.15) is 0 Å². The zero-order chi connectivity index (χ0) is 14.7. The first-order valence-electron chi connectivity index (χ1n) is 7.53. The number of unbranched alkanes of at least 4 members (excludes halogenated alkanes) is 1. The summed E-state index contributed by atoms with van der Waals surface area (Å²) in [4.78, 5) is 13.5. The average molecular weight is 280 g/mol. The lowest BCUT2D eigenvalue weighted by Gasteiger charge is -2.14. The summed E-state index contributed by atoms with van der Waals surface area (Å²) in [5, 5.41) is 0. The Morgan fingerprint density at radius 3 is 2.71 bits per heavy atom. The predicted molar refractivity (Wildman–Crippen MR) is 84.2 cm³/mol. The molecular weight excluding hydrogens is 260 g/mol. The summed E-state index contributed by atoms with van der Waals surface area (Å²) in [7, 11) is 0. The molecule has 0 amide bonds. The number of nitrogens with zero attached hydrogens (tertiary/aromatic N) is 4. The van der Waals surface area contributed by atoms with Crippen molar-refractivity contribution in [1.82, 2.24) is 19.5 Å². The van der Waals surface area contributed by atoms with E-state index in [1.54, 1.807) is 0 Å². The van der Waals surface area contributed by atoms with E-state index >= 15 is 0 Å². The number of aromatic nitrogens is 4. The third-order valence-corrected chi connectivity index (χ3v) is 3.82. The van der Waals surface area contributed by atoms with E-state index < -0.39 is 0 Å². The molecule has 1 unspecified atom stereocenters. The zero-order valence-electron chi connectivity index (χ0n) is 12.5. The Morgan fingerprint density at radius 2 is 1.95 bits per heavy atom. The van der Waals surface area contributed by atoms with Gasteiger partial charge in [-0.15, -0.1) is 0 Å². The summed E-state index contributed by atoms with van der Waals surface area (Å²) in [5.41, 5.74) is 3.04. The van der Waals surface area contributed by atoms with Gasteiger partial charge in [0.2, 0.25) is 0 Å². The molecule has 0 aliphatic rings. The van der Waals surface area contributed by atoms with E-state index in [0.717, 1.165) is 36.3 Å². The molecule has 0 spiro atoms. The Hall–Kier alpha value is -2.23. The van der Waals surface area contributed by atoms with Gasteiger partial charge in [0.05, 0.1) is 18.6 Å². The minimum Gasteiger partial charge on any atom is -0.308 e. The Kier molecular flexibility index (Phi) is 3.95. The molecule has 21 heavy (non-hydrogen) atoms. The highest BCUT2D eigenvalue weighted by atomic mass is 15.1. The molecule has 0 aliphatic carbocycles. The van der Waals surface area contributed by atoms with Crippen molar-refractivity contribution in [3.63, 3.8) is 0 Å². The summed E-state index contributed by atoms with van der Waals surface area (Å²) in [6.07, 6.45) is 6.90. The van der Waals surface area contributed by atoms with Gasteiger partial charge in [0, 0.05) is 6.42 Å². The molecule has 0 aliphatic heterocycles. The van der Waals surface area contributed by atoms with Gasteiger partial charge in [-0.1, -0.05) is 43.7 Å². The Balaban J connectivity index is 1.98. The van der Waals surface area contributed by atoms with Crippen molar-refractivity contribution in [2.24, 2.45) is 0 Å². The van der Waals surface area contributed by atoms with Crippen molar-refractivity contribution in [1.29, 1.82) is 0 Å². The van der Waals surface area contributed by atoms with Gasteiger partial charge in [-0.25, -0.2) is 15.0 Å². The molecule has 0 bridgehead atoms. The van der Waals surface area contributed by atoms with Gasteiger partial charge in [-0.3, -0.25) is 0 Å². The maximum Gasteiger partial charge on any atom is 0.164 e. The molecule has 2 aromatic heterocycles. The van der Waals surface area contributed by atoms with E-state index in [1.807, 2.05) is 18.6 Å². The predicted octanol–water partition coefficient (Wildman–Crippen LogP) is 3.78. The topological polar surface area (TPSA) is 43.6 Å². The summed E-state index contributed by atoms with van der Waals surface area (Å²) < 4.78 is 2.13. The van der Waals surface area contributed by atoms with Crippen LogP contribution >= 0.6 is 0 Å². The highest BCUT2D eigenvalue weighted by Crippen LogP contribution is 2.21. The minimum atomic E-state index is 0.213. The molecule has 0 N–H and O–H groups in total. The van der Waals surface area contributed by atoms with Crippen LogP contribution in [0.4, 0.5) is 0 Å². The van der Waals surface area contributed by atoms with Gasteiger partial charge < -0.3 is 4.57 Å². The van der Waals surface area contributed by atoms with Crippen LogP contribution in [0.15, 0.2) is 42.9 Å². The monoisotopic (exact) mass is 280 g/mol. The van der Waals surface area contributed by atoms with E-state index in [2.05, 4.69) is 52.6 Å². The van der Waals surface area contributed by atoms with Gasteiger partial charge in [0.15, 0.2) is 5.65 Å². The first-order valence-corrected chi connectivity index (χ1v) is 7.53. The second-order valence-electron chi connectivity index (χ2n) is 5.34. The molecule has 0 saturated carbocycles. The quantitative estimate of drug-likeness (QED) is 0.714. The minimum absolute atomic E-state index is 0.213. The fourth-order valence-corrected chi connectivity index (χ4v) is 2.49. The summed E-state index contributed by atoms with van der Waals surface area (Å²) >= 11 is 0. The van der Waals surface area contributed by atoms with E-state index in [1.165, 1.54) is 5.56 Å². The Morgan fingerprint density at radius 1 is 1.14 bits per heavy atom. The maximum absolute atomic E-state index is 4.71. The highest BCUT2D eigenvalue weighted by molar-refractivity contribution is 5.69. The first kappa shape index (κ1) is 13.7. The van der Waals surface area contributed by atoms with Gasteiger partial charge in [0.25, 0.3) is 0 Å². The van der Waals surface area contributed by atoms with Crippen LogP contribution in [0.2, 0.25) is 0 Å². The smallest absolute Gasteiger partial charge is 0.164 e.